The summed E-state index contributed by atoms with van der Waals surface area (Å²) in [5.74, 6) is -0.735. The molecule has 0 aliphatic heterocycles. The van der Waals surface area contributed by atoms with E-state index in [4.69, 9.17) is 11.6 Å². The smallest absolute Gasteiger partial charge is 0.257 e. The van der Waals surface area contributed by atoms with Gasteiger partial charge in [-0.05, 0) is 42.5 Å². The molecule has 3 aromatic rings. The summed E-state index contributed by atoms with van der Waals surface area (Å²) < 4.78 is 14.5. The standard InChI is InChI=1S/C15H10ClFN4O/c16-14-7-12(21-8-18-19-9-21)5-6-13(14)15(22)20-11-3-1-10(17)2-4-11/h1-9H,(H,20,22). The summed E-state index contributed by atoms with van der Waals surface area (Å²) in [4.78, 5) is 12.2. The van der Waals surface area contributed by atoms with E-state index in [1.165, 1.54) is 36.9 Å². The minimum Gasteiger partial charge on any atom is -0.322 e. The predicted octanol–water partition coefficient (Wildman–Crippen LogP) is 3.31. The molecule has 0 spiro atoms. The van der Waals surface area contributed by atoms with E-state index in [0.717, 1.165) is 5.69 Å². The van der Waals surface area contributed by atoms with E-state index in [1.807, 2.05) is 0 Å². The maximum atomic E-state index is 12.8. The molecule has 0 bridgehead atoms. The van der Waals surface area contributed by atoms with Crippen molar-refractivity contribution in [2.75, 3.05) is 5.32 Å². The third-order valence-corrected chi connectivity index (χ3v) is 3.33. The average molecular weight is 317 g/mol. The molecule has 0 atom stereocenters. The number of nitrogens with one attached hydrogen (secondary N) is 1. The maximum Gasteiger partial charge on any atom is 0.257 e. The van der Waals surface area contributed by atoms with Crippen LogP contribution in [-0.2, 0) is 0 Å². The molecule has 0 aliphatic carbocycles. The molecule has 0 unspecified atom stereocenters. The molecule has 1 amide bonds. The molecule has 22 heavy (non-hydrogen) atoms. The van der Waals surface area contributed by atoms with Crippen molar-refractivity contribution in [2.45, 2.75) is 0 Å². The van der Waals surface area contributed by atoms with Crippen molar-refractivity contribution in [1.29, 1.82) is 0 Å². The van der Waals surface area contributed by atoms with Crippen LogP contribution in [0.5, 0.6) is 0 Å². The first kappa shape index (κ1) is 14.2. The second kappa shape index (κ2) is 5.95. The van der Waals surface area contributed by atoms with Gasteiger partial charge in [0.1, 0.15) is 18.5 Å². The lowest BCUT2D eigenvalue weighted by atomic mass is 10.2. The fraction of sp³-hybridized carbons (Fsp3) is 0. The van der Waals surface area contributed by atoms with Crippen LogP contribution in [0.3, 0.4) is 0 Å². The van der Waals surface area contributed by atoms with Crippen molar-refractivity contribution in [2.24, 2.45) is 0 Å². The molecule has 0 saturated heterocycles. The van der Waals surface area contributed by atoms with Crippen molar-refractivity contribution in [1.82, 2.24) is 14.8 Å². The fourth-order valence-corrected chi connectivity index (χ4v) is 2.18. The molecule has 7 heteroatoms. The van der Waals surface area contributed by atoms with Crippen molar-refractivity contribution in [3.05, 3.63) is 71.5 Å². The fourth-order valence-electron chi connectivity index (χ4n) is 1.91. The number of hydrogen-bond acceptors (Lipinski definition) is 3. The first-order valence-electron chi connectivity index (χ1n) is 6.35. The average Bonchev–Trinajstić information content (AvgIpc) is 3.03. The molecule has 1 heterocycles. The molecule has 3 rings (SSSR count). The normalized spacial score (nSPS) is 10.5. The highest BCUT2D eigenvalue weighted by atomic mass is 35.5. The number of carbonyl (C=O) groups excluding carboxylic acids is 1. The largest absolute Gasteiger partial charge is 0.322 e. The van der Waals surface area contributed by atoms with Gasteiger partial charge >= 0.3 is 0 Å². The Labute approximate surface area is 130 Å². The number of halogens is 2. The van der Waals surface area contributed by atoms with Crippen LogP contribution in [-0.4, -0.2) is 20.7 Å². The number of anilines is 1. The van der Waals surface area contributed by atoms with Crippen LogP contribution < -0.4 is 5.32 Å². The van der Waals surface area contributed by atoms with Gasteiger partial charge in [-0.15, -0.1) is 10.2 Å². The van der Waals surface area contributed by atoms with Crippen LogP contribution in [0, 0.1) is 5.82 Å². The van der Waals surface area contributed by atoms with Gasteiger partial charge in [-0.25, -0.2) is 4.39 Å². The third kappa shape index (κ3) is 2.96. The van der Waals surface area contributed by atoms with E-state index in [-0.39, 0.29) is 11.7 Å². The number of amides is 1. The van der Waals surface area contributed by atoms with E-state index in [0.29, 0.717) is 16.3 Å². The van der Waals surface area contributed by atoms with Crippen LogP contribution in [0.1, 0.15) is 10.4 Å². The van der Waals surface area contributed by atoms with E-state index < -0.39 is 0 Å². The Bertz CT molecular complexity index is 803. The minimum atomic E-state index is -0.369. The topological polar surface area (TPSA) is 59.8 Å². The lowest BCUT2D eigenvalue weighted by molar-refractivity contribution is 0.102. The van der Waals surface area contributed by atoms with Gasteiger partial charge in [-0.2, -0.15) is 0 Å². The summed E-state index contributed by atoms with van der Waals surface area (Å²) in [5.41, 5.74) is 1.56. The summed E-state index contributed by atoms with van der Waals surface area (Å²) in [6, 6.07) is 10.5. The summed E-state index contributed by atoms with van der Waals surface area (Å²) in [7, 11) is 0. The zero-order valence-electron chi connectivity index (χ0n) is 11.2. The minimum absolute atomic E-state index is 0.297. The van der Waals surface area contributed by atoms with Gasteiger partial charge in [-0.3, -0.25) is 9.36 Å². The highest BCUT2D eigenvalue weighted by molar-refractivity contribution is 6.34. The molecule has 2 aromatic carbocycles. The lowest BCUT2D eigenvalue weighted by Crippen LogP contribution is -2.12. The Hall–Kier alpha value is -2.73. The van der Waals surface area contributed by atoms with Gasteiger partial charge in [0.15, 0.2) is 0 Å². The monoisotopic (exact) mass is 316 g/mol. The van der Waals surface area contributed by atoms with Crippen LogP contribution >= 0.6 is 11.6 Å². The molecule has 0 aliphatic rings. The summed E-state index contributed by atoms with van der Waals surface area (Å²) in [6.45, 7) is 0. The zero-order chi connectivity index (χ0) is 15.5. The van der Waals surface area contributed by atoms with Crippen molar-refractivity contribution in [3.8, 4) is 5.69 Å². The molecule has 0 radical (unpaired) electrons. The first-order valence-corrected chi connectivity index (χ1v) is 6.73. The van der Waals surface area contributed by atoms with Gasteiger partial charge < -0.3 is 5.32 Å². The zero-order valence-corrected chi connectivity index (χ0v) is 12.0. The third-order valence-electron chi connectivity index (χ3n) is 3.02. The lowest BCUT2D eigenvalue weighted by Gasteiger charge is -2.08. The Kier molecular flexibility index (Phi) is 3.84. The molecule has 1 aromatic heterocycles. The number of hydrogen-bond donors (Lipinski definition) is 1. The second-order valence-electron chi connectivity index (χ2n) is 4.49. The number of carbonyl (C=O) groups is 1. The molecular weight excluding hydrogens is 307 g/mol. The van der Waals surface area contributed by atoms with Crippen molar-refractivity contribution < 1.29 is 9.18 Å². The Morgan fingerprint density at radius 1 is 1.09 bits per heavy atom. The van der Waals surface area contributed by atoms with E-state index in [9.17, 15) is 9.18 Å². The summed E-state index contributed by atoms with van der Waals surface area (Å²) in [6.07, 6.45) is 3.06. The van der Waals surface area contributed by atoms with Gasteiger partial charge in [0.25, 0.3) is 5.91 Å². The highest BCUT2D eigenvalue weighted by Crippen LogP contribution is 2.21. The summed E-state index contributed by atoms with van der Waals surface area (Å²) >= 11 is 6.16. The van der Waals surface area contributed by atoms with Gasteiger partial charge in [0.2, 0.25) is 0 Å². The van der Waals surface area contributed by atoms with E-state index in [2.05, 4.69) is 15.5 Å². The first-order chi connectivity index (χ1) is 10.6. The number of rotatable bonds is 3. The van der Waals surface area contributed by atoms with Gasteiger partial charge in [-0.1, -0.05) is 11.6 Å². The van der Waals surface area contributed by atoms with Crippen LogP contribution in [0.15, 0.2) is 55.1 Å². The quantitative estimate of drug-likeness (QED) is 0.806. The second-order valence-corrected chi connectivity index (χ2v) is 4.90. The number of aromatic nitrogens is 3. The van der Waals surface area contributed by atoms with E-state index in [1.54, 1.807) is 22.8 Å². The Balaban J connectivity index is 1.82. The molecule has 0 fully saturated rings. The molecular formula is C15H10ClFN4O. The van der Waals surface area contributed by atoms with Crippen LogP contribution in [0.2, 0.25) is 5.02 Å². The Morgan fingerprint density at radius 2 is 1.77 bits per heavy atom. The van der Waals surface area contributed by atoms with Crippen LogP contribution in [0.4, 0.5) is 10.1 Å². The number of nitrogens with zero attached hydrogens (tertiary/aromatic N) is 3. The SMILES string of the molecule is O=C(Nc1ccc(F)cc1)c1ccc(-n2cnnc2)cc1Cl. The van der Waals surface area contributed by atoms with Gasteiger partial charge in [0, 0.05) is 11.4 Å². The molecule has 0 saturated carbocycles. The van der Waals surface area contributed by atoms with Crippen molar-refractivity contribution >= 4 is 23.2 Å². The maximum absolute atomic E-state index is 12.8. The van der Waals surface area contributed by atoms with E-state index >= 15 is 0 Å². The van der Waals surface area contributed by atoms with Crippen molar-refractivity contribution in [3.63, 3.8) is 0 Å². The molecule has 1 N–H and O–H groups in total. The predicted molar refractivity (Wildman–Crippen MR) is 80.7 cm³/mol. The molecule has 110 valence electrons. The number of benzene rings is 2. The van der Waals surface area contributed by atoms with Gasteiger partial charge in [0.05, 0.1) is 10.6 Å². The summed E-state index contributed by atoms with van der Waals surface area (Å²) in [5, 5.41) is 10.4. The van der Waals surface area contributed by atoms with Crippen LogP contribution in [0.25, 0.3) is 5.69 Å². The highest BCUT2D eigenvalue weighted by Gasteiger charge is 2.12. The molecule has 5 nitrogen and oxygen atoms in total. The Morgan fingerprint density at radius 3 is 2.41 bits per heavy atom.